The maximum atomic E-state index is 12.8. The molecule has 1 aliphatic rings. The smallest absolute Gasteiger partial charge is 0.407 e. The second-order valence-electron chi connectivity index (χ2n) is 8.78. The Balaban J connectivity index is 1.62. The molecule has 176 valence electrons. The molecule has 3 rings (SSSR count). The number of ether oxygens (including phenoxy) is 1. The number of likely N-dealkylation sites (N-methyl/N-ethyl adjacent to an activating group) is 1. The summed E-state index contributed by atoms with van der Waals surface area (Å²) in [6, 6.07) is 15.8. The Bertz CT molecular complexity index is 987. The molecule has 1 atom stereocenters. The SMILES string of the molecule is CCC(CC(=O)N(CC)C(C)(C)C(=O)O)NC(=O)OCC1c2ccccc2-c2ccccc21. The zero-order valence-corrected chi connectivity index (χ0v) is 19.6. The highest BCUT2D eigenvalue weighted by atomic mass is 16.5. The molecule has 1 unspecified atom stereocenters. The maximum Gasteiger partial charge on any atom is 0.407 e. The molecule has 0 radical (unpaired) electrons. The number of rotatable bonds is 9. The molecule has 0 saturated carbocycles. The lowest BCUT2D eigenvalue weighted by molar-refractivity contribution is -0.156. The van der Waals surface area contributed by atoms with Gasteiger partial charge >= 0.3 is 12.1 Å². The van der Waals surface area contributed by atoms with Gasteiger partial charge in [-0.3, -0.25) is 4.79 Å². The van der Waals surface area contributed by atoms with Crippen molar-refractivity contribution in [2.24, 2.45) is 0 Å². The number of nitrogens with zero attached hydrogens (tertiary/aromatic N) is 1. The molecule has 0 spiro atoms. The van der Waals surface area contributed by atoms with Gasteiger partial charge in [0.15, 0.2) is 0 Å². The van der Waals surface area contributed by atoms with Crippen LogP contribution in [-0.2, 0) is 14.3 Å². The van der Waals surface area contributed by atoms with Crippen LogP contribution in [0.3, 0.4) is 0 Å². The molecule has 7 heteroatoms. The van der Waals surface area contributed by atoms with Crippen LogP contribution in [0.5, 0.6) is 0 Å². The molecule has 0 saturated heterocycles. The molecule has 0 bridgehead atoms. The zero-order chi connectivity index (χ0) is 24.2. The number of amides is 2. The normalized spacial score (nSPS) is 13.6. The van der Waals surface area contributed by atoms with Gasteiger partial charge in [0.2, 0.25) is 5.91 Å². The quantitative estimate of drug-likeness (QED) is 0.588. The van der Waals surface area contributed by atoms with Crippen molar-refractivity contribution in [3.8, 4) is 11.1 Å². The third-order valence-corrected chi connectivity index (χ3v) is 6.39. The molecule has 33 heavy (non-hydrogen) atoms. The average Bonchev–Trinajstić information content (AvgIpc) is 3.11. The number of carbonyl (C=O) groups excluding carboxylic acids is 2. The van der Waals surface area contributed by atoms with Crippen LogP contribution in [0.4, 0.5) is 4.79 Å². The lowest BCUT2D eigenvalue weighted by atomic mass is 9.98. The predicted molar refractivity (Wildman–Crippen MR) is 126 cm³/mol. The van der Waals surface area contributed by atoms with Gasteiger partial charge in [-0.05, 0) is 49.4 Å². The summed E-state index contributed by atoms with van der Waals surface area (Å²) < 4.78 is 5.58. The van der Waals surface area contributed by atoms with E-state index >= 15 is 0 Å². The van der Waals surface area contributed by atoms with E-state index in [-0.39, 0.29) is 31.4 Å². The van der Waals surface area contributed by atoms with Crippen molar-refractivity contribution in [2.75, 3.05) is 13.2 Å². The molecule has 0 heterocycles. The number of aliphatic carboxylic acids is 1. The number of benzene rings is 2. The van der Waals surface area contributed by atoms with Crippen molar-refractivity contribution < 1.29 is 24.2 Å². The van der Waals surface area contributed by atoms with Gasteiger partial charge in [0, 0.05) is 24.9 Å². The van der Waals surface area contributed by atoms with E-state index in [0.29, 0.717) is 6.42 Å². The molecule has 7 nitrogen and oxygen atoms in total. The van der Waals surface area contributed by atoms with Crippen molar-refractivity contribution in [3.05, 3.63) is 59.7 Å². The maximum absolute atomic E-state index is 12.8. The van der Waals surface area contributed by atoms with E-state index < -0.39 is 23.6 Å². The highest BCUT2D eigenvalue weighted by Gasteiger charge is 2.37. The van der Waals surface area contributed by atoms with Gasteiger partial charge in [-0.2, -0.15) is 0 Å². The third kappa shape index (κ3) is 5.02. The zero-order valence-electron chi connectivity index (χ0n) is 19.6. The van der Waals surface area contributed by atoms with Crippen LogP contribution < -0.4 is 5.32 Å². The van der Waals surface area contributed by atoms with Crippen LogP contribution in [0.2, 0.25) is 0 Å². The number of hydrogen-bond donors (Lipinski definition) is 2. The fourth-order valence-electron chi connectivity index (χ4n) is 4.42. The van der Waals surface area contributed by atoms with Gasteiger partial charge in [0.05, 0.1) is 0 Å². The van der Waals surface area contributed by atoms with Crippen LogP contribution in [0.25, 0.3) is 11.1 Å². The fourth-order valence-corrected chi connectivity index (χ4v) is 4.42. The van der Waals surface area contributed by atoms with Crippen LogP contribution in [0, 0.1) is 0 Å². The van der Waals surface area contributed by atoms with E-state index in [1.165, 1.54) is 18.7 Å². The Hall–Kier alpha value is -3.35. The summed E-state index contributed by atoms with van der Waals surface area (Å²) in [6.07, 6.45) is -0.0660. The van der Waals surface area contributed by atoms with Gasteiger partial charge in [-0.25, -0.2) is 9.59 Å². The summed E-state index contributed by atoms with van der Waals surface area (Å²) in [6.45, 7) is 7.05. The minimum atomic E-state index is -1.33. The van der Waals surface area contributed by atoms with Crippen LogP contribution in [-0.4, -0.2) is 52.7 Å². The summed E-state index contributed by atoms with van der Waals surface area (Å²) in [7, 11) is 0. The average molecular weight is 453 g/mol. The van der Waals surface area contributed by atoms with Crippen molar-refractivity contribution in [3.63, 3.8) is 0 Å². The molecule has 2 aromatic carbocycles. The molecule has 0 aromatic heterocycles. The van der Waals surface area contributed by atoms with Crippen LogP contribution >= 0.6 is 0 Å². The van der Waals surface area contributed by atoms with Crippen molar-refractivity contribution in [1.29, 1.82) is 0 Å². The summed E-state index contributed by atoms with van der Waals surface area (Å²) >= 11 is 0. The Morgan fingerprint density at radius 3 is 2.06 bits per heavy atom. The number of carbonyl (C=O) groups is 3. The lowest BCUT2D eigenvalue weighted by Gasteiger charge is -2.35. The number of alkyl carbamates (subject to hydrolysis) is 1. The molecule has 2 N–H and O–H groups in total. The van der Waals surface area contributed by atoms with E-state index in [9.17, 15) is 19.5 Å². The number of hydrogen-bond acceptors (Lipinski definition) is 4. The number of fused-ring (bicyclic) bond motifs is 3. The monoisotopic (exact) mass is 452 g/mol. The van der Waals surface area contributed by atoms with Crippen molar-refractivity contribution >= 4 is 18.0 Å². The summed E-state index contributed by atoms with van der Waals surface area (Å²) in [5, 5.41) is 12.2. The Morgan fingerprint density at radius 1 is 1.03 bits per heavy atom. The fraction of sp³-hybridized carbons (Fsp3) is 0.423. The first-order chi connectivity index (χ1) is 15.7. The lowest BCUT2D eigenvalue weighted by Crippen LogP contribution is -2.54. The number of nitrogens with one attached hydrogen (secondary N) is 1. The topological polar surface area (TPSA) is 95.9 Å². The van der Waals surface area contributed by atoms with Crippen LogP contribution in [0.15, 0.2) is 48.5 Å². The van der Waals surface area contributed by atoms with Gasteiger partial charge in [0.25, 0.3) is 0 Å². The van der Waals surface area contributed by atoms with Crippen molar-refractivity contribution in [1.82, 2.24) is 10.2 Å². The van der Waals surface area contributed by atoms with Gasteiger partial charge in [-0.1, -0.05) is 55.5 Å². The molecular weight excluding hydrogens is 420 g/mol. The third-order valence-electron chi connectivity index (χ3n) is 6.39. The van der Waals surface area contributed by atoms with E-state index in [0.717, 1.165) is 22.3 Å². The molecule has 0 fully saturated rings. The highest BCUT2D eigenvalue weighted by Crippen LogP contribution is 2.44. The summed E-state index contributed by atoms with van der Waals surface area (Å²) in [5.41, 5.74) is 3.24. The molecule has 0 aliphatic heterocycles. The van der Waals surface area contributed by atoms with Gasteiger partial charge in [0.1, 0.15) is 12.1 Å². The van der Waals surface area contributed by atoms with E-state index in [1.54, 1.807) is 6.92 Å². The van der Waals surface area contributed by atoms with E-state index in [1.807, 2.05) is 31.2 Å². The Morgan fingerprint density at radius 2 is 1.58 bits per heavy atom. The first-order valence-corrected chi connectivity index (χ1v) is 11.4. The Kier molecular flexibility index (Phi) is 7.41. The summed E-state index contributed by atoms with van der Waals surface area (Å²) in [4.78, 5) is 38.2. The molecule has 2 aromatic rings. The van der Waals surface area contributed by atoms with E-state index in [2.05, 4.69) is 29.6 Å². The summed E-state index contributed by atoms with van der Waals surface area (Å²) in [5.74, 6) is -1.44. The minimum Gasteiger partial charge on any atom is -0.480 e. The van der Waals surface area contributed by atoms with Crippen LogP contribution in [0.1, 0.15) is 57.6 Å². The first-order valence-electron chi connectivity index (χ1n) is 11.4. The molecule has 1 aliphatic carbocycles. The number of carboxylic acids is 1. The van der Waals surface area contributed by atoms with Crippen molar-refractivity contribution in [2.45, 2.75) is 58.0 Å². The second kappa shape index (κ2) is 10.1. The second-order valence-corrected chi connectivity index (χ2v) is 8.78. The largest absolute Gasteiger partial charge is 0.480 e. The molecule has 2 amide bonds. The Labute approximate surface area is 194 Å². The van der Waals surface area contributed by atoms with Gasteiger partial charge < -0.3 is 20.1 Å². The standard InChI is InChI=1S/C26H32N2O5/c1-5-17(15-23(29)28(6-2)26(3,4)24(30)31)27-25(32)33-16-22-20-13-9-7-11-18(20)19-12-8-10-14-21(19)22/h7-14,17,22H,5-6,15-16H2,1-4H3,(H,27,32)(H,30,31). The number of carboxylic acid groups (broad SMARTS) is 1. The predicted octanol–water partition coefficient (Wildman–Crippen LogP) is 4.41. The van der Waals surface area contributed by atoms with E-state index in [4.69, 9.17) is 4.74 Å². The molecular formula is C26H32N2O5. The minimum absolute atomic E-state index is 0.00520. The highest BCUT2D eigenvalue weighted by molar-refractivity contribution is 5.87. The first kappa shape index (κ1) is 24.3. The van der Waals surface area contributed by atoms with Gasteiger partial charge in [-0.15, -0.1) is 0 Å².